The summed E-state index contributed by atoms with van der Waals surface area (Å²) in [7, 11) is 0. The van der Waals surface area contributed by atoms with Crippen molar-refractivity contribution in [1.82, 2.24) is 15.4 Å². The van der Waals surface area contributed by atoms with Crippen LogP contribution in [-0.2, 0) is 4.79 Å². The van der Waals surface area contributed by atoms with Gasteiger partial charge in [0, 0.05) is 37.5 Å². The van der Waals surface area contributed by atoms with Crippen LogP contribution in [0.1, 0.15) is 68.1 Å². The van der Waals surface area contributed by atoms with Gasteiger partial charge in [0.15, 0.2) is 5.69 Å². The number of nitrogens with zero attached hydrogens (tertiary/aromatic N) is 2. The molecule has 1 N–H and O–H groups in total. The molecule has 1 saturated carbocycles. The molecule has 1 saturated heterocycles. The van der Waals surface area contributed by atoms with Gasteiger partial charge in [0.05, 0.1) is 0 Å². The van der Waals surface area contributed by atoms with Crippen molar-refractivity contribution in [3.05, 3.63) is 17.5 Å². The highest BCUT2D eigenvalue weighted by Crippen LogP contribution is 2.40. The van der Waals surface area contributed by atoms with E-state index in [-0.39, 0.29) is 17.9 Å². The van der Waals surface area contributed by atoms with Crippen molar-refractivity contribution < 1.29 is 14.1 Å². The zero-order chi connectivity index (χ0) is 16.4. The number of amides is 2. The fourth-order valence-corrected chi connectivity index (χ4v) is 3.23. The Hall–Kier alpha value is -1.85. The van der Waals surface area contributed by atoms with Crippen LogP contribution in [0.25, 0.3) is 0 Å². The molecular formula is C17H25N3O3. The Kier molecular flexibility index (Phi) is 4.68. The number of piperidine rings is 1. The SMILES string of the molecule is CCC(=O)N1CCC(C(C)NC(=O)c2cc(C3CC3)on2)CC1. The van der Waals surface area contributed by atoms with Gasteiger partial charge in [-0.05, 0) is 38.5 Å². The fraction of sp³-hybridized carbons (Fsp3) is 0.706. The van der Waals surface area contributed by atoms with E-state index in [1.165, 1.54) is 0 Å². The molecule has 0 radical (unpaired) electrons. The lowest BCUT2D eigenvalue weighted by Crippen LogP contribution is -2.45. The second kappa shape index (κ2) is 6.72. The quantitative estimate of drug-likeness (QED) is 0.903. The van der Waals surface area contributed by atoms with Crippen LogP contribution >= 0.6 is 0 Å². The first kappa shape index (κ1) is 16.0. The molecule has 1 aliphatic carbocycles. The largest absolute Gasteiger partial charge is 0.360 e. The van der Waals surface area contributed by atoms with Gasteiger partial charge in [0.1, 0.15) is 5.76 Å². The molecule has 1 aromatic rings. The van der Waals surface area contributed by atoms with Crippen molar-refractivity contribution in [2.24, 2.45) is 5.92 Å². The summed E-state index contributed by atoms with van der Waals surface area (Å²) in [6.07, 6.45) is 4.68. The molecular weight excluding hydrogens is 294 g/mol. The summed E-state index contributed by atoms with van der Waals surface area (Å²) < 4.78 is 5.23. The van der Waals surface area contributed by atoms with Crippen LogP contribution in [-0.4, -0.2) is 41.0 Å². The van der Waals surface area contributed by atoms with E-state index in [1.54, 1.807) is 6.07 Å². The number of hydrogen-bond donors (Lipinski definition) is 1. The van der Waals surface area contributed by atoms with Crippen molar-refractivity contribution in [3.8, 4) is 0 Å². The van der Waals surface area contributed by atoms with Crippen LogP contribution in [0.5, 0.6) is 0 Å². The predicted octanol–water partition coefficient (Wildman–Crippen LogP) is 2.32. The molecule has 3 rings (SSSR count). The molecule has 1 atom stereocenters. The van der Waals surface area contributed by atoms with Gasteiger partial charge in [-0.25, -0.2) is 0 Å². The Morgan fingerprint density at radius 2 is 2.04 bits per heavy atom. The molecule has 2 aliphatic rings. The standard InChI is InChI=1S/C17H25N3O3/c1-3-16(21)20-8-6-12(7-9-20)11(2)18-17(22)14-10-15(23-19-14)13-4-5-13/h10-13H,3-9H2,1-2H3,(H,18,22). The van der Waals surface area contributed by atoms with Crippen LogP contribution in [0.2, 0.25) is 0 Å². The Labute approximate surface area is 136 Å². The smallest absolute Gasteiger partial charge is 0.273 e. The maximum absolute atomic E-state index is 12.3. The van der Waals surface area contributed by atoms with Crippen molar-refractivity contribution >= 4 is 11.8 Å². The van der Waals surface area contributed by atoms with Gasteiger partial charge in [-0.3, -0.25) is 9.59 Å². The Balaban J connectivity index is 1.49. The Morgan fingerprint density at radius 1 is 1.35 bits per heavy atom. The van der Waals surface area contributed by atoms with Crippen LogP contribution < -0.4 is 5.32 Å². The van der Waals surface area contributed by atoms with Crippen LogP contribution in [0.15, 0.2) is 10.6 Å². The van der Waals surface area contributed by atoms with Crippen molar-refractivity contribution in [2.45, 2.75) is 57.9 Å². The second-order valence-corrected chi connectivity index (χ2v) is 6.72. The topological polar surface area (TPSA) is 75.4 Å². The number of nitrogens with one attached hydrogen (secondary N) is 1. The zero-order valence-corrected chi connectivity index (χ0v) is 13.9. The molecule has 0 bridgehead atoms. The first-order valence-corrected chi connectivity index (χ1v) is 8.63. The first-order valence-electron chi connectivity index (χ1n) is 8.63. The third-order valence-electron chi connectivity index (χ3n) is 5.00. The van der Waals surface area contributed by atoms with Gasteiger partial charge in [-0.2, -0.15) is 0 Å². The van der Waals surface area contributed by atoms with Gasteiger partial charge in [-0.1, -0.05) is 12.1 Å². The molecule has 23 heavy (non-hydrogen) atoms. The van der Waals surface area contributed by atoms with Gasteiger partial charge >= 0.3 is 0 Å². The fourth-order valence-electron chi connectivity index (χ4n) is 3.23. The minimum absolute atomic E-state index is 0.0717. The summed E-state index contributed by atoms with van der Waals surface area (Å²) in [6, 6.07) is 1.84. The van der Waals surface area contributed by atoms with E-state index in [1.807, 2.05) is 18.7 Å². The second-order valence-electron chi connectivity index (χ2n) is 6.72. The van der Waals surface area contributed by atoms with E-state index < -0.39 is 0 Å². The van der Waals surface area contributed by atoms with Crippen LogP contribution in [0, 0.1) is 5.92 Å². The third kappa shape index (κ3) is 3.74. The number of rotatable bonds is 5. The molecule has 2 fully saturated rings. The van der Waals surface area contributed by atoms with E-state index in [0.717, 1.165) is 44.5 Å². The van der Waals surface area contributed by atoms with Crippen LogP contribution in [0.3, 0.4) is 0 Å². The number of carbonyl (C=O) groups excluding carboxylic acids is 2. The molecule has 2 heterocycles. The summed E-state index contributed by atoms with van der Waals surface area (Å²) in [5.41, 5.74) is 0.373. The minimum atomic E-state index is -0.166. The lowest BCUT2D eigenvalue weighted by atomic mass is 9.90. The minimum Gasteiger partial charge on any atom is -0.360 e. The van der Waals surface area contributed by atoms with Gasteiger partial charge in [0.2, 0.25) is 5.91 Å². The number of carbonyl (C=O) groups is 2. The predicted molar refractivity (Wildman–Crippen MR) is 85.0 cm³/mol. The Bertz CT molecular complexity index is 571. The highest BCUT2D eigenvalue weighted by Gasteiger charge is 2.30. The third-order valence-corrected chi connectivity index (χ3v) is 5.00. The lowest BCUT2D eigenvalue weighted by Gasteiger charge is -2.35. The van der Waals surface area contributed by atoms with Crippen LogP contribution in [0.4, 0.5) is 0 Å². The molecule has 6 heteroatoms. The Morgan fingerprint density at radius 3 is 2.65 bits per heavy atom. The number of aromatic nitrogens is 1. The maximum atomic E-state index is 12.3. The van der Waals surface area contributed by atoms with Gasteiger partial charge in [0.25, 0.3) is 5.91 Å². The average Bonchev–Trinajstić information content (AvgIpc) is 3.31. The summed E-state index contributed by atoms with van der Waals surface area (Å²) in [6.45, 7) is 5.49. The van der Waals surface area contributed by atoms with Gasteiger partial charge in [-0.15, -0.1) is 0 Å². The summed E-state index contributed by atoms with van der Waals surface area (Å²) >= 11 is 0. The van der Waals surface area contributed by atoms with Crippen molar-refractivity contribution in [1.29, 1.82) is 0 Å². The van der Waals surface area contributed by atoms with E-state index in [2.05, 4.69) is 10.5 Å². The van der Waals surface area contributed by atoms with E-state index in [9.17, 15) is 9.59 Å². The zero-order valence-electron chi connectivity index (χ0n) is 13.9. The van der Waals surface area contributed by atoms with E-state index >= 15 is 0 Å². The first-order chi connectivity index (χ1) is 11.1. The molecule has 0 aromatic carbocycles. The summed E-state index contributed by atoms with van der Waals surface area (Å²) in [5.74, 6) is 1.74. The number of hydrogen-bond acceptors (Lipinski definition) is 4. The summed E-state index contributed by atoms with van der Waals surface area (Å²) in [5, 5.41) is 6.91. The van der Waals surface area contributed by atoms with E-state index in [4.69, 9.17) is 4.52 Å². The van der Waals surface area contributed by atoms with Crippen molar-refractivity contribution in [2.75, 3.05) is 13.1 Å². The highest BCUT2D eigenvalue weighted by atomic mass is 16.5. The highest BCUT2D eigenvalue weighted by molar-refractivity contribution is 5.92. The van der Waals surface area contributed by atoms with E-state index in [0.29, 0.717) is 24.0 Å². The molecule has 1 unspecified atom stereocenters. The number of likely N-dealkylation sites (tertiary alicyclic amines) is 1. The van der Waals surface area contributed by atoms with Gasteiger partial charge < -0.3 is 14.7 Å². The summed E-state index contributed by atoms with van der Waals surface area (Å²) in [4.78, 5) is 25.9. The monoisotopic (exact) mass is 319 g/mol. The maximum Gasteiger partial charge on any atom is 0.273 e. The molecule has 1 aromatic heterocycles. The molecule has 126 valence electrons. The van der Waals surface area contributed by atoms with Crippen molar-refractivity contribution in [3.63, 3.8) is 0 Å². The lowest BCUT2D eigenvalue weighted by molar-refractivity contribution is -0.132. The molecule has 0 spiro atoms. The molecule has 6 nitrogen and oxygen atoms in total. The molecule has 2 amide bonds. The normalized spacial score (nSPS) is 20.3. The molecule has 1 aliphatic heterocycles. The average molecular weight is 319 g/mol.